The second kappa shape index (κ2) is 7.45. The van der Waals surface area contributed by atoms with Crippen molar-refractivity contribution >= 4 is 15.9 Å². The fourth-order valence-electron chi connectivity index (χ4n) is 3.04. The number of nitrogens with one attached hydrogen (secondary N) is 1. The van der Waals surface area contributed by atoms with Crippen molar-refractivity contribution < 1.29 is 13.2 Å². The molecule has 1 N–H and O–H groups in total. The molecule has 0 spiro atoms. The number of rotatable bonds is 6. The Morgan fingerprint density at radius 1 is 1.17 bits per heavy atom. The predicted molar refractivity (Wildman–Crippen MR) is 90.8 cm³/mol. The van der Waals surface area contributed by atoms with Crippen LogP contribution < -0.4 is 4.72 Å². The number of fused-ring (bicyclic) bond motifs is 1. The average molecular weight is 338 g/mol. The van der Waals surface area contributed by atoms with E-state index in [9.17, 15) is 13.2 Å². The van der Waals surface area contributed by atoms with Crippen LogP contribution in [-0.2, 0) is 27.7 Å². The number of likely N-dealkylation sites (N-methyl/N-ethyl adjacent to an activating group) is 1. The molecular formula is C17H26N2O3S. The van der Waals surface area contributed by atoms with Crippen LogP contribution in [-0.4, -0.2) is 38.4 Å². The van der Waals surface area contributed by atoms with E-state index in [4.69, 9.17) is 0 Å². The molecule has 1 aromatic rings. The lowest BCUT2D eigenvalue weighted by atomic mass is 9.92. The van der Waals surface area contributed by atoms with Crippen molar-refractivity contribution in [2.75, 3.05) is 13.1 Å². The molecule has 0 heterocycles. The summed E-state index contributed by atoms with van der Waals surface area (Å²) in [7, 11) is -3.69. The van der Waals surface area contributed by atoms with Gasteiger partial charge in [-0.2, -0.15) is 4.72 Å². The molecule has 0 unspecified atom stereocenters. The van der Waals surface area contributed by atoms with E-state index in [1.165, 1.54) is 5.56 Å². The summed E-state index contributed by atoms with van der Waals surface area (Å²) in [6.07, 6.45) is 4.19. The normalized spacial score (nSPS) is 15.8. The molecule has 6 heteroatoms. The maximum atomic E-state index is 12.6. The van der Waals surface area contributed by atoms with Gasteiger partial charge in [0.25, 0.3) is 0 Å². The van der Waals surface area contributed by atoms with Crippen LogP contribution in [0.2, 0.25) is 0 Å². The van der Waals surface area contributed by atoms with Gasteiger partial charge in [0.15, 0.2) is 0 Å². The largest absolute Gasteiger partial charge is 0.342 e. The second-order valence-electron chi connectivity index (χ2n) is 5.99. The highest BCUT2D eigenvalue weighted by atomic mass is 32.2. The van der Waals surface area contributed by atoms with E-state index in [2.05, 4.69) is 4.72 Å². The maximum absolute atomic E-state index is 12.6. The molecule has 1 amide bonds. The fraction of sp³-hybridized carbons (Fsp3) is 0.588. The maximum Gasteiger partial charge on any atom is 0.241 e. The van der Waals surface area contributed by atoms with Gasteiger partial charge in [0.05, 0.1) is 10.9 Å². The molecule has 0 aliphatic heterocycles. The molecule has 0 saturated heterocycles. The summed E-state index contributed by atoms with van der Waals surface area (Å²) in [6, 6.07) is 4.53. The molecule has 0 aromatic heterocycles. The summed E-state index contributed by atoms with van der Waals surface area (Å²) >= 11 is 0. The summed E-state index contributed by atoms with van der Waals surface area (Å²) in [5, 5.41) is 0. The molecular weight excluding hydrogens is 312 g/mol. The highest BCUT2D eigenvalue weighted by Crippen LogP contribution is 2.24. The Kier molecular flexibility index (Phi) is 5.81. The van der Waals surface area contributed by atoms with E-state index in [0.717, 1.165) is 31.2 Å². The third kappa shape index (κ3) is 4.12. The minimum absolute atomic E-state index is 0.198. The Morgan fingerprint density at radius 3 is 2.39 bits per heavy atom. The minimum Gasteiger partial charge on any atom is -0.342 e. The summed E-state index contributed by atoms with van der Waals surface area (Å²) in [5.74, 6) is -0.198. The van der Waals surface area contributed by atoms with Crippen molar-refractivity contribution in [1.29, 1.82) is 0 Å². The fourth-order valence-corrected chi connectivity index (χ4v) is 4.28. The van der Waals surface area contributed by atoms with Gasteiger partial charge in [-0.3, -0.25) is 4.79 Å². The monoisotopic (exact) mass is 338 g/mol. The number of carbonyl (C=O) groups is 1. The lowest BCUT2D eigenvalue weighted by Crippen LogP contribution is -2.46. The van der Waals surface area contributed by atoms with Crippen molar-refractivity contribution in [2.24, 2.45) is 0 Å². The smallest absolute Gasteiger partial charge is 0.241 e. The number of amides is 1. The number of hydrogen-bond acceptors (Lipinski definition) is 3. The van der Waals surface area contributed by atoms with Gasteiger partial charge in [-0.05, 0) is 69.7 Å². The number of hydrogen-bond donors (Lipinski definition) is 1. The van der Waals surface area contributed by atoms with Gasteiger partial charge in [-0.1, -0.05) is 6.07 Å². The first kappa shape index (κ1) is 17.9. The molecule has 0 fully saturated rings. The minimum atomic E-state index is -3.69. The molecule has 1 aliphatic carbocycles. The molecule has 0 bridgehead atoms. The molecule has 1 aliphatic rings. The quantitative estimate of drug-likeness (QED) is 0.864. The number of aryl methyl sites for hydroxylation is 2. The second-order valence-corrected chi connectivity index (χ2v) is 7.71. The van der Waals surface area contributed by atoms with E-state index in [-0.39, 0.29) is 10.8 Å². The molecule has 1 atom stereocenters. The van der Waals surface area contributed by atoms with Crippen LogP contribution in [0.5, 0.6) is 0 Å². The van der Waals surface area contributed by atoms with E-state index in [1.54, 1.807) is 24.0 Å². The van der Waals surface area contributed by atoms with Gasteiger partial charge in [0, 0.05) is 13.1 Å². The SMILES string of the molecule is CCN(CC)C(=O)[C@H](C)NS(=O)(=O)c1ccc2c(c1)CCCC2. The standard InChI is InChI=1S/C17H26N2O3S/c1-4-19(5-2)17(20)13(3)18-23(21,22)16-11-10-14-8-6-7-9-15(14)12-16/h10-13,18H,4-9H2,1-3H3/t13-/m0/s1. The third-order valence-corrected chi connectivity index (χ3v) is 5.95. The van der Waals surface area contributed by atoms with Gasteiger partial charge in [0.1, 0.15) is 0 Å². The van der Waals surface area contributed by atoms with Gasteiger partial charge >= 0.3 is 0 Å². The molecule has 2 rings (SSSR count). The van der Waals surface area contributed by atoms with Crippen molar-refractivity contribution in [3.05, 3.63) is 29.3 Å². The Bertz CT molecular complexity index is 666. The zero-order valence-electron chi connectivity index (χ0n) is 14.1. The van der Waals surface area contributed by atoms with Crippen LogP contribution in [0.25, 0.3) is 0 Å². The molecule has 0 radical (unpaired) electrons. The van der Waals surface area contributed by atoms with E-state index < -0.39 is 16.1 Å². The number of carbonyl (C=O) groups excluding carboxylic acids is 1. The van der Waals surface area contributed by atoms with Gasteiger partial charge < -0.3 is 4.90 Å². The molecule has 128 valence electrons. The summed E-state index contributed by atoms with van der Waals surface area (Å²) in [4.78, 5) is 14.1. The first-order chi connectivity index (χ1) is 10.9. The molecule has 5 nitrogen and oxygen atoms in total. The van der Waals surface area contributed by atoms with E-state index in [0.29, 0.717) is 13.1 Å². The first-order valence-corrected chi connectivity index (χ1v) is 9.80. The summed E-state index contributed by atoms with van der Waals surface area (Å²) in [5.41, 5.74) is 2.35. The van der Waals surface area contributed by atoms with Gasteiger partial charge in [-0.25, -0.2) is 8.42 Å². The highest BCUT2D eigenvalue weighted by molar-refractivity contribution is 7.89. The van der Waals surface area contributed by atoms with Crippen molar-refractivity contribution in [3.63, 3.8) is 0 Å². The molecule has 0 saturated carbocycles. The Hall–Kier alpha value is -1.40. The zero-order chi connectivity index (χ0) is 17.0. The highest BCUT2D eigenvalue weighted by Gasteiger charge is 2.25. The van der Waals surface area contributed by atoms with E-state index >= 15 is 0 Å². The Labute approximate surface area is 139 Å². The van der Waals surface area contributed by atoms with Crippen LogP contribution in [0.1, 0.15) is 44.7 Å². The summed E-state index contributed by atoms with van der Waals surface area (Å²) in [6.45, 7) is 6.50. The van der Waals surface area contributed by atoms with Crippen molar-refractivity contribution in [3.8, 4) is 0 Å². The topological polar surface area (TPSA) is 66.5 Å². The van der Waals surface area contributed by atoms with Crippen molar-refractivity contribution in [1.82, 2.24) is 9.62 Å². The van der Waals surface area contributed by atoms with E-state index in [1.807, 2.05) is 19.9 Å². The van der Waals surface area contributed by atoms with Crippen LogP contribution in [0.15, 0.2) is 23.1 Å². The Morgan fingerprint density at radius 2 is 1.78 bits per heavy atom. The van der Waals surface area contributed by atoms with Crippen molar-refractivity contribution in [2.45, 2.75) is 57.4 Å². The number of nitrogens with zero attached hydrogens (tertiary/aromatic N) is 1. The molecule has 23 heavy (non-hydrogen) atoms. The first-order valence-electron chi connectivity index (χ1n) is 8.32. The third-order valence-electron chi connectivity index (χ3n) is 4.41. The lowest BCUT2D eigenvalue weighted by Gasteiger charge is -2.23. The van der Waals surface area contributed by atoms with Gasteiger partial charge in [-0.15, -0.1) is 0 Å². The lowest BCUT2D eigenvalue weighted by molar-refractivity contribution is -0.132. The zero-order valence-corrected chi connectivity index (χ0v) is 14.9. The molecule has 1 aromatic carbocycles. The number of sulfonamides is 1. The Balaban J connectivity index is 2.17. The van der Waals surface area contributed by atoms with Crippen LogP contribution in [0.4, 0.5) is 0 Å². The van der Waals surface area contributed by atoms with Gasteiger partial charge in [0.2, 0.25) is 15.9 Å². The summed E-state index contributed by atoms with van der Waals surface area (Å²) < 4.78 is 27.6. The average Bonchev–Trinajstić information content (AvgIpc) is 2.55. The predicted octanol–water partition coefficient (Wildman–Crippen LogP) is 2.10. The van der Waals surface area contributed by atoms with Crippen LogP contribution in [0.3, 0.4) is 0 Å². The van der Waals surface area contributed by atoms with Crippen LogP contribution >= 0.6 is 0 Å². The number of benzene rings is 1. The van der Waals surface area contributed by atoms with Crippen LogP contribution in [0, 0.1) is 0 Å².